The molecule has 1 aliphatic rings. The molecule has 2 aromatic rings. The monoisotopic (exact) mass is 352 g/mol. The van der Waals surface area contributed by atoms with E-state index < -0.39 is 0 Å². The molecule has 0 radical (unpaired) electrons. The van der Waals surface area contributed by atoms with Gasteiger partial charge in [0.25, 0.3) is 0 Å². The van der Waals surface area contributed by atoms with Crippen molar-refractivity contribution in [2.75, 3.05) is 0 Å². The van der Waals surface area contributed by atoms with Crippen LogP contribution in [0.4, 0.5) is 0 Å². The lowest BCUT2D eigenvalue weighted by Crippen LogP contribution is -1.99. The summed E-state index contributed by atoms with van der Waals surface area (Å²) in [5.74, 6) is 2.42. The van der Waals surface area contributed by atoms with E-state index >= 15 is 0 Å². The summed E-state index contributed by atoms with van der Waals surface area (Å²) >= 11 is 10.6. The summed E-state index contributed by atoms with van der Waals surface area (Å²) in [6.45, 7) is 0. The molecule has 1 saturated carbocycles. The minimum absolute atomic E-state index is 0.638. The molecule has 0 bridgehead atoms. The van der Waals surface area contributed by atoms with Crippen LogP contribution < -0.4 is 0 Å². The van der Waals surface area contributed by atoms with Crippen molar-refractivity contribution in [1.29, 1.82) is 0 Å². The maximum atomic E-state index is 5.32. The van der Waals surface area contributed by atoms with E-state index in [-0.39, 0.29) is 0 Å². The first-order chi connectivity index (χ1) is 9.24. The highest BCUT2D eigenvalue weighted by atomic mass is 79.9. The number of benzene rings is 1. The van der Waals surface area contributed by atoms with Crippen LogP contribution in [0.2, 0.25) is 0 Å². The molecule has 2 nitrogen and oxygen atoms in total. The van der Waals surface area contributed by atoms with Crippen molar-refractivity contribution in [3.05, 3.63) is 51.0 Å². The van der Waals surface area contributed by atoms with Gasteiger partial charge >= 0.3 is 0 Å². The van der Waals surface area contributed by atoms with Crippen LogP contribution in [0.3, 0.4) is 0 Å². The number of nitrogens with one attached hydrogen (secondary N) is 1. The van der Waals surface area contributed by atoms with E-state index in [4.69, 9.17) is 12.2 Å². The van der Waals surface area contributed by atoms with Gasteiger partial charge in [-0.2, -0.15) is 0 Å². The fourth-order valence-corrected chi connectivity index (χ4v) is 3.44. The van der Waals surface area contributed by atoms with Gasteiger partial charge in [-0.25, -0.2) is 4.98 Å². The van der Waals surface area contributed by atoms with Crippen molar-refractivity contribution in [2.45, 2.75) is 29.4 Å². The SMILES string of the molecule is S=c1nc(CSc2ccccc2)[nH]c(C2CC2)c1Br. The molecule has 1 aromatic heterocycles. The molecule has 0 spiro atoms. The third-order valence-corrected chi connectivity index (χ3v) is 5.43. The number of H-pyrrole nitrogens is 1. The smallest absolute Gasteiger partial charge is 0.144 e. The van der Waals surface area contributed by atoms with Gasteiger partial charge in [-0.05, 0) is 40.9 Å². The van der Waals surface area contributed by atoms with Gasteiger partial charge in [-0.15, -0.1) is 11.8 Å². The zero-order valence-electron chi connectivity index (χ0n) is 10.2. The van der Waals surface area contributed by atoms with E-state index in [9.17, 15) is 0 Å². The summed E-state index contributed by atoms with van der Waals surface area (Å²) in [5, 5.41) is 0. The highest BCUT2D eigenvalue weighted by molar-refractivity contribution is 9.10. The summed E-state index contributed by atoms with van der Waals surface area (Å²) < 4.78 is 1.64. The Kier molecular flexibility index (Phi) is 4.05. The molecule has 19 heavy (non-hydrogen) atoms. The van der Waals surface area contributed by atoms with Gasteiger partial charge in [-0.1, -0.05) is 30.4 Å². The van der Waals surface area contributed by atoms with Crippen molar-refractivity contribution in [1.82, 2.24) is 9.97 Å². The van der Waals surface area contributed by atoms with Gasteiger partial charge in [-0.3, -0.25) is 0 Å². The molecule has 0 unspecified atom stereocenters. The van der Waals surface area contributed by atoms with Crippen LogP contribution in [0.1, 0.15) is 30.3 Å². The second-order valence-electron chi connectivity index (χ2n) is 4.59. The van der Waals surface area contributed by atoms with Crippen molar-refractivity contribution in [2.24, 2.45) is 0 Å². The van der Waals surface area contributed by atoms with E-state index in [1.165, 1.54) is 23.4 Å². The number of hydrogen-bond donors (Lipinski definition) is 1. The largest absolute Gasteiger partial charge is 0.345 e. The number of thioether (sulfide) groups is 1. The lowest BCUT2D eigenvalue weighted by atomic mass is 10.3. The molecule has 5 heteroatoms. The predicted octanol–water partition coefficient (Wildman–Crippen LogP) is 5.07. The Balaban J connectivity index is 1.79. The summed E-state index contributed by atoms with van der Waals surface area (Å²) in [6.07, 6.45) is 2.50. The zero-order chi connectivity index (χ0) is 13.2. The molecule has 98 valence electrons. The van der Waals surface area contributed by atoms with Crippen LogP contribution in [0.5, 0.6) is 0 Å². The lowest BCUT2D eigenvalue weighted by molar-refractivity contribution is 0.912. The molecule has 0 saturated heterocycles. The number of rotatable bonds is 4. The fourth-order valence-electron chi connectivity index (χ4n) is 1.92. The zero-order valence-corrected chi connectivity index (χ0v) is 13.4. The Bertz CT molecular complexity index is 636. The van der Waals surface area contributed by atoms with Crippen LogP contribution in [-0.2, 0) is 5.75 Å². The van der Waals surface area contributed by atoms with Gasteiger partial charge in [0.05, 0.1) is 10.2 Å². The van der Waals surface area contributed by atoms with E-state index in [1.54, 1.807) is 11.8 Å². The first-order valence-corrected chi connectivity index (χ1v) is 8.39. The Morgan fingerprint density at radius 1 is 1.32 bits per heavy atom. The Labute approximate surface area is 130 Å². The first-order valence-electron chi connectivity index (χ1n) is 6.20. The second-order valence-corrected chi connectivity index (χ2v) is 6.82. The van der Waals surface area contributed by atoms with Gasteiger partial charge in [0.15, 0.2) is 0 Å². The normalized spacial score (nSPS) is 14.6. The number of hydrogen-bond acceptors (Lipinski definition) is 3. The Hall–Kier alpha value is -0.650. The summed E-state index contributed by atoms with van der Waals surface area (Å²) in [7, 11) is 0. The quantitative estimate of drug-likeness (QED) is 0.614. The topological polar surface area (TPSA) is 28.7 Å². The van der Waals surface area contributed by atoms with Crippen molar-refractivity contribution in [3.8, 4) is 0 Å². The molecule has 1 N–H and O–H groups in total. The number of nitrogens with zero attached hydrogens (tertiary/aromatic N) is 1. The molecule has 0 atom stereocenters. The standard InChI is InChI=1S/C14H13BrN2S2/c15-12-13(9-6-7-9)16-11(17-14(12)18)8-19-10-4-2-1-3-5-10/h1-5,9H,6-8H2,(H,16,17,18). The van der Waals surface area contributed by atoms with Crippen LogP contribution >= 0.6 is 39.9 Å². The molecule has 3 rings (SSSR count). The fraction of sp³-hybridized carbons (Fsp3) is 0.286. The highest BCUT2D eigenvalue weighted by Gasteiger charge is 2.27. The first kappa shape index (κ1) is 13.3. The van der Waals surface area contributed by atoms with Crippen molar-refractivity contribution >= 4 is 39.9 Å². The molecule has 1 heterocycles. The van der Waals surface area contributed by atoms with Gasteiger partial charge in [0.2, 0.25) is 0 Å². The van der Waals surface area contributed by atoms with Crippen LogP contribution in [0.15, 0.2) is 39.7 Å². The molecule has 0 aliphatic heterocycles. The average Bonchev–Trinajstić information content (AvgIpc) is 3.25. The van der Waals surface area contributed by atoms with Gasteiger partial charge in [0.1, 0.15) is 10.5 Å². The molecule has 0 amide bonds. The highest BCUT2D eigenvalue weighted by Crippen LogP contribution is 2.42. The van der Waals surface area contributed by atoms with E-state index in [1.807, 2.05) is 6.07 Å². The van der Waals surface area contributed by atoms with Gasteiger partial charge in [0, 0.05) is 16.5 Å². The lowest BCUT2D eigenvalue weighted by Gasteiger charge is -2.07. The Morgan fingerprint density at radius 3 is 2.74 bits per heavy atom. The van der Waals surface area contributed by atoms with Crippen molar-refractivity contribution < 1.29 is 0 Å². The van der Waals surface area contributed by atoms with Crippen molar-refractivity contribution in [3.63, 3.8) is 0 Å². The molecular formula is C14H13BrN2S2. The molecule has 1 fully saturated rings. The summed E-state index contributed by atoms with van der Waals surface area (Å²) in [4.78, 5) is 9.14. The Morgan fingerprint density at radius 2 is 2.05 bits per heavy atom. The van der Waals surface area contributed by atoms with E-state index in [0.717, 1.165) is 16.0 Å². The molecular weight excluding hydrogens is 340 g/mol. The average molecular weight is 353 g/mol. The predicted molar refractivity (Wildman–Crippen MR) is 85.1 cm³/mol. The summed E-state index contributed by atoms with van der Waals surface area (Å²) in [5.41, 5.74) is 1.23. The summed E-state index contributed by atoms with van der Waals surface area (Å²) in [6, 6.07) is 10.4. The number of aromatic amines is 1. The van der Waals surface area contributed by atoms with E-state index in [0.29, 0.717) is 10.6 Å². The van der Waals surface area contributed by atoms with Crippen LogP contribution in [0, 0.1) is 4.64 Å². The number of aromatic nitrogens is 2. The molecule has 1 aromatic carbocycles. The van der Waals surface area contributed by atoms with Gasteiger partial charge < -0.3 is 4.98 Å². The minimum Gasteiger partial charge on any atom is -0.345 e. The molecule has 1 aliphatic carbocycles. The van der Waals surface area contributed by atoms with Crippen LogP contribution in [0.25, 0.3) is 0 Å². The second kappa shape index (κ2) is 5.77. The van der Waals surface area contributed by atoms with Crippen LogP contribution in [-0.4, -0.2) is 9.97 Å². The number of halogens is 1. The maximum Gasteiger partial charge on any atom is 0.144 e. The third-order valence-electron chi connectivity index (χ3n) is 3.04. The van der Waals surface area contributed by atoms with E-state index in [2.05, 4.69) is 50.2 Å². The minimum atomic E-state index is 0.638. The third kappa shape index (κ3) is 3.27. The maximum absolute atomic E-state index is 5.32.